The zero-order chi connectivity index (χ0) is 14.4. The fraction of sp³-hybridized carbons (Fsp3) is 0.571. The number of nitrogens with one attached hydrogen (secondary N) is 2. The summed E-state index contributed by atoms with van der Waals surface area (Å²) in [4.78, 5) is 25.9. The number of anilines is 1. The number of hydrogen-bond acceptors (Lipinski definition) is 2. The van der Waals surface area contributed by atoms with Crippen molar-refractivity contribution in [2.75, 3.05) is 5.32 Å². The summed E-state index contributed by atoms with van der Waals surface area (Å²) in [6.45, 7) is 5.82. The van der Waals surface area contributed by atoms with Crippen LogP contribution in [0, 0.1) is 12.8 Å². The van der Waals surface area contributed by atoms with Crippen molar-refractivity contribution in [1.29, 1.82) is 0 Å². The lowest BCUT2D eigenvalue weighted by Crippen LogP contribution is -2.23. The first kappa shape index (κ1) is 15.3. The molecule has 106 valence electrons. The second kappa shape index (κ2) is 6.97. The Labute approximate surface area is 113 Å². The molecule has 0 aliphatic heterocycles. The summed E-state index contributed by atoms with van der Waals surface area (Å²) in [6, 6.07) is 1.65. The largest absolute Gasteiger partial charge is 0.477 e. The Hall–Kier alpha value is -1.78. The van der Waals surface area contributed by atoms with Gasteiger partial charge >= 0.3 is 5.97 Å². The standard InChI is InChI=1S/C14H22N2O3/c1-4-6-7-10(5-2)13(17)16-11-8-9(3)15-12(11)14(18)19/h8,10,15H,4-7H2,1-3H3,(H,16,17)(H,18,19). The highest BCUT2D eigenvalue weighted by Gasteiger charge is 2.20. The van der Waals surface area contributed by atoms with E-state index in [-0.39, 0.29) is 17.5 Å². The van der Waals surface area contributed by atoms with Gasteiger partial charge in [0.15, 0.2) is 0 Å². The van der Waals surface area contributed by atoms with Gasteiger partial charge in [-0.15, -0.1) is 0 Å². The molecule has 1 unspecified atom stereocenters. The molecule has 0 aliphatic rings. The van der Waals surface area contributed by atoms with E-state index in [0.29, 0.717) is 11.4 Å². The van der Waals surface area contributed by atoms with Crippen molar-refractivity contribution in [3.8, 4) is 0 Å². The maximum Gasteiger partial charge on any atom is 0.354 e. The number of carboxylic acids is 1. The van der Waals surface area contributed by atoms with Gasteiger partial charge in [-0.2, -0.15) is 0 Å². The average molecular weight is 266 g/mol. The number of H-pyrrole nitrogens is 1. The Kier molecular flexibility index (Phi) is 5.60. The highest BCUT2D eigenvalue weighted by Crippen LogP contribution is 2.20. The van der Waals surface area contributed by atoms with Crippen LogP contribution in [0.2, 0.25) is 0 Å². The summed E-state index contributed by atoms with van der Waals surface area (Å²) >= 11 is 0. The van der Waals surface area contributed by atoms with E-state index in [9.17, 15) is 9.59 Å². The van der Waals surface area contributed by atoms with Crippen molar-refractivity contribution < 1.29 is 14.7 Å². The normalized spacial score (nSPS) is 12.2. The molecule has 3 N–H and O–H groups in total. The van der Waals surface area contributed by atoms with Gasteiger partial charge in [0.05, 0.1) is 5.69 Å². The zero-order valence-corrected chi connectivity index (χ0v) is 11.7. The Morgan fingerprint density at radius 2 is 2.11 bits per heavy atom. The number of carboxylic acid groups (broad SMARTS) is 1. The van der Waals surface area contributed by atoms with Crippen molar-refractivity contribution >= 4 is 17.6 Å². The Balaban J connectivity index is 2.77. The van der Waals surface area contributed by atoms with Crippen molar-refractivity contribution in [3.63, 3.8) is 0 Å². The molecule has 0 spiro atoms. The summed E-state index contributed by atoms with van der Waals surface area (Å²) in [5.74, 6) is -1.22. The molecule has 0 aliphatic carbocycles. The Morgan fingerprint density at radius 3 is 2.63 bits per heavy atom. The van der Waals surface area contributed by atoms with E-state index in [0.717, 1.165) is 25.7 Å². The minimum Gasteiger partial charge on any atom is -0.477 e. The van der Waals surface area contributed by atoms with Crippen LogP contribution in [0.25, 0.3) is 0 Å². The van der Waals surface area contributed by atoms with Crippen LogP contribution in [-0.4, -0.2) is 22.0 Å². The number of unbranched alkanes of at least 4 members (excludes halogenated alkanes) is 1. The number of hydrogen-bond donors (Lipinski definition) is 3. The average Bonchev–Trinajstić information content (AvgIpc) is 2.71. The number of carbonyl (C=O) groups excluding carboxylic acids is 1. The van der Waals surface area contributed by atoms with Gasteiger partial charge in [-0.3, -0.25) is 4.79 Å². The van der Waals surface area contributed by atoms with Gasteiger partial charge in [0.1, 0.15) is 5.69 Å². The van der Waals surface area contributed by atoms with E-state index < -0.39 is 5.97 Å². The SMILES string of the molecule is CCCCC(CC)C(=O)Nc1cc(C)[nH]c1C(=O)O. The number of aromatic nitrogens is 1. The summed E-state index contributed by atoms with van der Waals surface area (Å²) in [5.41, 5.74) is 1.11. The topological polar surface area (TPSA) is 82.2 Å². The molecule has 1 rings (SSSR count). The second-order valence-electron chi connectivity index (χ2n) is 4.78. The molecule has 0 fully saturated rings. The van der Waals surface area contributed by atoms with E-state index in [1.54, 1.807) is 13.0 Å². The minimum absolute atomic E-state index is 0.0381. The molecule has 1 aromatic rings. The smallest absolute Gasteiger partial charge is 0.354 e. The molecule has 19 heavy (non-hydrogen) atoms. The Morgan fingerprint density at radius 1 is 1.42 bits per heavy atom. The Bertz CT molecular complexity index is 452. The number of amides is 1. The molecular weight excluding hydrogens is 244 g/mol. The maximum atomic E-state index is 12.1. The van der Waals surface area contributed by atoms with Gasteiger partial charge in [-0.25, -0.2) is 4.79 Å². The summed E-state index contributed by atoms with van der Waals surface area (Å²) < 4.78 is 0. The number of aryl methyl sites for hydroxylation is 1. The van der Waals surface area contributed by atoms with Gasteiger partial charge in [-0.05, 0) is 25.8 Å². The fourth-order valence-electron chi connectivity index (χ4n) is 2.06. The van der Waals surface area contributed by atoms with Crippen LogP contribution in [0.5, 0.6) is 0 Å². The molecule has 1 heterocycles. The predicted octanol–water partition coefficient (Wildman–Crippen LogP) is 3.18. The monoisotopic (exact) mass is 266 g/mol. The lowest BCUT2D eigenvalue weighted by atomic mass is 9.98. The molecular formula is C14H22N2O3. The lowest BCUT2D eigenvalue weighted by Gasteiger charge is -2.14. The third kappa shape index (κ3) is 4.12. The van der Waals surface area contributed by atoms with E-state index >= 15 is 0 Å². The number of carbonyl (C=O) groups is 2. The van der Waals surface area contributed by atoms with Crippen molar-refractivity contribution in [2.45, 2.75) is 46.5 Å². The first-order valence-electron chi connectivity index (χ1n) is 6.73. The second-order valence-corrected chi connectivity index (χ2v) is 4.78. The summed E-state index contributed by atoms with van der Waals surface area (Å²) in [7, 11) is 0. The lowest BCUT2D eigenvalue weighted by molar-refractivity contribution is -0.120. The first-order valence-corrected chi connectivity index (χ1v) is 6.73. The van der Waals surface area contributed by atoms with E-state index in [1.807, 2.05) is 6.92 Å². The highest BCUT2D eigenvalue weighted by molar-refractivity contribution is 6.00. The van der Waals surface area contributed by atoms with Gasteiger partial charge in [0.25, 0.3) is 0 Å². The molecule has 0 saturated carbocycles. The molecule has 5 nitrogen and oxygen atoms in total. The quantitative estimate of drug-likeness (QED) is 0.709. The third-order valence-corrected chi connectivity index (χ3v) is 3.19. The minimum atomic E-state index is -1.06. The molecule has 0 radical (unpaired) electrons. The predicted molar refractivity (Wildman–Crippen MR) is 74.4 cm³/mol. The molecule has 0 bridgehead atoms. The highest BCUT2D eigenvalue weighted by atomic mass is 16.4. The molecule has 0 aromatic carbocycles. The fourth-order valence-corrected chi connectivity index (χ4v) is 2.06. The molecule has 1 aromatic heterocycles. The van der Waals surface area contributed by atoms with Gasteiger partial charge in [0, 0.05) is 11.6 Å². The van der Waals surface area contributed by atoms with Crippen LogP contribution in [0.1, 0.15) is 55.7 Å². The van der Waals surface area contributed by atoms with Crippen molar-refractivity contribution in [1.82, 2.24) is 4.98 Å². The number of rotatable bonds is 7. The number of aromatic carboxylic acids is 1. The first-order chi connectivity index (χ1) is 8.99. The zero-order valence-electron chi connectivity index (χ0n) is 11.7. The van der Waals surface area contributed by atoms with Crippen LogP contribution < -0.4 is 5.32 Å². The van der Waals surface area contributed by atoms with Gasteiger partial charge in [-0.1, -0.05) is 26.7 Å². The third-order valence-electron chi connectivity index (χ3n) is 3.19. The van der Waals surface area contributed by atoms with Crippen molar-refractivity contribution in [2.24, 2.45) is 5.92 Å². The van der Waals surface area contributed by atoms with E-state index in [1.165, 1.54) is 0 Å². The van der Waals surface area contributed by atoms with Crippen LogP contribution in [-0.2, 0) is 4.79 Å². The summed E-state index contributed by atoms with van der Waals surface area (Å²) in [6.07, 6.45) is 3.65. The molecule has 1 amide bonds. The molecule has 0 saturated heterocycles. The van der Waals surface area contributed by atoms with E-state index in [2.05, 4.69) is 17.2 Å². The van der Waals surface area contributed by atoms with Gasteiger partial charge < -0.3 is 15.4 Å². The van der Waals surface area contributed by atoms with Crippen LogP contribution >= 0.6 is 0 Å². The summed E-state index contributed by atoms with van der Waals surface area (Å²) in [5, 5.41) is 11.8. The molecule has 1 atom stereocenters. The molecule has 5 heteroatoms. The van der Waals surface area contributed by atoms with Gasteiger partial charge in [0.2, 0.25) is 5.91 Å². The van der Waals surface area contributed by atoms with E-state index in [4.69, 9.17) is 5.11 Å². The van der Waals surface area contributed by atoms with Crippen LogP contribution in [0.3, 0.4) is 0 Å². The number of aromatic amines is 1. The van der Waals surface area contributed by atoms with Crippen LogP contribution in [0.15, 0.2) is 6.07 Å². The van der Waals surface area contributed by atoms with Crippen LogP contribution in [0.4, 0.5) is 5.69 Å². The van der Waals surface area contributed by atoms with Crippen molar-refractivity contribution in [3.05, 3.63) is 17.5 Å². The maximum absolute atomic E-state index is 12.1.